The maximum Gasteiger partial charge on any atom is 0.272 e. The van der Waals surface area contributed by atoms with Crippen LogP contribution in [0.3, 0.4) is 0 Å². The molecule has 3 rings (SSSR count). The number of carbonyl (C=O) groups is 1. The van der Waals surface area contributed by atoms with Gasteiger partial charge in [0.25, 0.3) is 5.91 Å². The molecule has 0 unspecified atom stereocenters. The number of hydrogen-bond donors (Lipinski definition) is 0. The molecule has 0 aliphatic carbocycles. The van der Waals surface area contributed by atoms with Gasteiger partial charge in [-0.3, -0.25) is 9.48 Å². The number of piperidine rings is 1. The van der Waals surface area contributed by atoms with Gasteiger partial charge in [0.15, 0.2) is 0 Å². The van der Waals surface area contributed by atoms with E-state index in [2.05, 4.69) is 17.0 Å². The zero-order chi connectivity index (χ0) is 14.1. The van der Waals surface area contributed by atoms with E-state index in [-0.39, 0.29) is 5.91 Å². The highest BCUT2D eigenvalue weighted by Crippen LogP contribution is 2.30. The first kappa shape index (κ1) is 13.3. The minimum atomic E-state index is 0.0722. The van der Waals surface area contributed by atoms with Gasteiger partial charge in [-0.25, -0.2) is 4.98 Å². The lowest BCUT2D eigenvalue weighted by Gasteiger charge is -2.31. The van der Waals surface area contributed by atoms with Crippen LogP contribution in [0.4, 0.5) is 0 Å². The second-order valence-electron chi connectivity index (χ2n) is 5.24. The van der Waals surface area contributed by atoms with Crippen molar-refractivity contribution in [2.24, 2.45) is 7.05 Å². The Hall–Kier alpha value is -1.69. The van der Waals surface area contributed by atoms with Gasteiger partial charge in [-0.2, -0.15) is 5.10 Å². The molecule has 0 spiro atoms. The molecular weight excluding hydrogens is 272 g/mol. The van der Waals surface area contributed by atoms with Gasteiger partial charge in [-0.1, -0.05) is 0 Å². The summed E-state index contributed by atoms with van der Waals surface area (Å²) in [6.45, 7) is 3.66. The molecule has 5 nitrogen and oxygen atoms in total. The first-order chi connectivity index (χ1) is 9.65. The largest absolute Gasteiger partial charge is 0.337 e. The Morgan fingerprint density at radius 2 is 2.35 bits per heavy atom. The normalized spacial score (nSPS) is 19.3. The summed E-state index contributed by atoms with van der Waals surface area (Å²) in [7, 11) is 1.80. The second-order valence-corrected chi connectivity index (χ2v) is 6.51. The average molecular weight is 290 g/mol. The number of carbonyl (C=O) groups excluding carboxylic acids is 1. The summed E-state index contributed by atoms with van der Waals surface area (Å²) in [6.07, 6.45) is 5.73. The van der Waals surface area contributed by atoms with Crippen LogP contribution in [0.2, 0.25) is 0 Å². The monoisotopic (exact) mass is 290 g/mol. The lowest BCUT2D eigenvalue weighted by molar-refractivity contribution is 0.0696. The number of thiazole rings is 1. The van der Waals surface area contributed by atoms with Crippen LogP contribution in [0.1, 0.15) is 39.1 Å². The van der Waals surface area contributed by atoms with Gasteiger partial charge in [0.1, 0.15) is 5.69 Å². The highest BCUT2D eigenvalue weighted by Gasteiger charge is 2.28. The van der Waals surface area contributed by atoms with Crippen molar-refractivity contribution in [1.82, 2.24) is 19.7 Å². The number of likely N-dealkylation sites (tertiary alicyclic amines) is 1. The summed E-state index contributed by atoms with van der Waals surface area (Å²) >= 11 is 1.74. The molecular formula is C14H18N4OS. The van der Waals surface area contributed by atoms with E-state index in [1.807, 2.05) is 11.1 Å². The number of aryl methyl sites for hydroxylation is 2. The average Bonchev–Trinajstić information content (AvgIpc) is 3.07. The predicted octanol–water partition coefficient (Wildman–Crippen LogP) is 2.20. The summed E-state index contributed by atoms with van der Waals surface area (Å²) in [4.78, 5) is 20.2. The molecule has 2 aromatic rings. The SMILES string of the molecule is Cc1cnc([C@@H]2CCCN(C(=O)c3ccnn3C)C2)s1. The summed E-state index contributed by atoms with van der Waals surface area (Å²) in [5, 5.41) is 5.23. The Morgan fingerprint density at radius 3 is 3.00 bits per heavy atom. The van der Waals surface area contributed by atoms with Crippen molar-refractivity contribution in [3.8, 4) is 0 Å². The van der Waals surface area contributed by atoms with Gasteiger partial charge < -0.3 is 4.90 Å². The smallest absolute Gasteiger partial charge is 0.272 e. The van der Waals surface area contributed by atoms with Crippen LogP contribution >= 0.6 is 11.3 Å². The van der Waals surface area contributed by atoms with Crippen LogP contribution in [0.25, 0.3) is 0 Å². The van der Waals surface area contributed by atoms with Crippen LogP contribution < -0.4 is 0 Å². The third-order valence-electron chi connectivity index (χ3n) is 3.74. The van der Waals surface area contributed by atoms with E-state index in [4.69, 9.17) is 0 Å². The lowest BCUT2D eigenvalue weighted by Crippen LogP contribution is -2.39. The highest BCUT2D eigenvalue weighted by molar-refractivity contribution is 7.11. The van der Waals surface area contributed by atoms with Crippen molar-refractivity contribution >= 4 is 17.2 Å². The van der Waals surface area contributed by atoms with E-state index in [9.17, 15) is 4.79 Å². The van der Waals surface area contributed by atoms with Gasteiger partial charge in [-0.15, -0.1) is 11.3 Å². The molecule has 1 fully saturated rings. The Balaban J connectivity index is 1.75. The van der Waals surface area contributed by atoms with Crippen molar-refractivity contribution in [1.29, 1.82) is 0 Å². The quantitative estimate of drug-likeness (QED) is 0.852. The Labute approximate surface area is 122 Å². The van der Waals surface area contributed by atoms with Crippen LogP contribution in [-0.2, 0) is 7.05 Å². The van der Waals surface area contributed by atoms with Crippen LogP contribution in [0.15, 0.2) is 18.5 Å². The van der Waals surface area contributed by atoms with Crippen molar-refractivity contribution in [2.75, 3.05) is 13.1 Å². The maximum absolute atomic E-state index is 12.5. The molecule has 0 aromatic carbocycles. The molecule has 0 radical (unpaired) electrons. The molecule has 3 heterocycles. The van der Waals surface area contributed by atoms with Gasteiger partial charge >= 0.3 is 0 Å². The highest BCUT2D eigenvalue weighted by atomic mass is 32.1. The number of rotatable bonds is 2. The third-order valence-corrected chi connectivity index (χ3v) is 4.81. The van der Waals surface area contributed by atoms with Crippen molar-refractivity contribution < 1.29 is 4.79 Å². The molecule has 1 saturated heterocycles. The summed E-state index contributed by atoms with van der Waals surface area (Å²) in [5.41, 5.74) is 0.654. The molecule has 106 valence electrons. The van der Waals surface area contributed by atoms with Crippen LogP contribution in [0.5, 0.6) is 0 Å². The predicted molar refractivity (Wildman–Crippen MR) is 77.9 cm³/mol. The molecule has 0 saturated carbocycles. The Morgan fingerprint density at radius 1 is 1.50 bits per heavy atom. The number of aromatic nitrogens is 3. The Kier molecular flexibility index (Phi) is 3.56. The van der Waals surface area contributed by atoms with Gasteiger partial charge in [0.05, 0.1) is 5.01 Å². The molecule has 6 heteroatoms. The summed E-state index contributed by atoms with van der Waals surface area (Å²) in [5.74, 6) is 0.447. The first-order valence-electron chi connectivity index (χ1n) is 6.85. The second kappa shape index (κ2) is 5.36. The molecule has 0 N–H and O–H groups in total. The van der Waals surface area contributed by atoms with E-state index in [0.717, 1.165) is 30.9 Å². The summed E-state index contributed by atoms with van der Waals surface area (Å²) < 4.78 is 1.64. The van der Waals surface area contributed by atoms with E-state index in [1.165, 1.54) is 4.88 Å². The van der Waals surface area contributed by atoms with Crippen molar-refractivity contribution in [3.63, 3.8) is 0 Å². The fourth-order valence-electron chi connectivity index (χ4n) is 2.67. The standard InChI is InChI=1S/C14H18N4OS/c1-10-8-15-13(20-10)11-4-3-7-18(9-11)14(19)12-5-6-16-17(12)2/h5-6,8,11H,3-4,7,9H2,1-2H3/t11-/m1/s1. The number of amides is 1. The topological polar surface area (TPSA) is 51.0 Å². The van der Waals surface area contributed by atoms with Gasteiger partial charge in [0, 0.05) is 43.3 Å². The lowest BCUT2D eigenvalue weighted by atomic mass is 9.98. The molecule has 1 aliphatic heterocycles. The molecule has 1 amide bonds. The number of nitrogens with zero attached hydrogens (tertiary/aromatic N) is 4. The zero-order valence-corrected chi connectivity index (χ0v) is 12.6. The van der Waals surface area contributed by atoms with E-state index < -0.39 is 0 Å². The molecule has 2 aromatic heterocycles. The first-order valence-corrected chi connectivity index (χ1v) is 7.66. The summed E-state index contributed by atoms with van der Waals surface area (Å²) in [6, 6.07) is 1.78. The zero-order valence-electron chi connectivity index (χ0n) is 11.7. The fraction of sp³-hybridized carbons (Fsp3) is 0.500. The minimum absolute atomic E-state index is 0.0722. The molecule has 20 heavy (non-hydrogen) atoms. The minimum Gasteiger partial charge on any atom is -0.337 e. The van der Waals surface area contributed by atoms with Gasteiger partial charge in [-0.05, 0) is 25.8 Å². The van der Waals surface area contributed by atoms with Crippen molar-refractivity contribution in [2.45, 2.75) is 25.7 Å². The van der Waals surface area contributed by atoms with Crippen molar-refractivity contribution in [3.05, 3.63) is 34.0 Å². The fourth-order valence-corrected chi connectivity index (χ4v) is 3.57. The molecule has 1 aliphatic rings. The van der Waals surface area contributed by atoms with E-state index in [1.54, 1.807) is 35.3 Å². The van der Waals surface area contributed by atoms with Crippen LogP contribution in [0, 0.1) is 6.92 Å². The molecule has 1 atom stereocenters. The van der Waals surface area contributed by atoms with E-state index >= 15 is 0 Å². The van der Waals surface area contributed by atoms with E-state index in [0.29, 0.717) is 11.6 Å². The van der Waals surface area contributed by atoms with Crippen LogP contribution in [-0.4, -0.2) is 38.7 Å². The third kappa shape index (κ3) is 2.47. The van der Waals surface area contributed by atoms with Gasteiger partial charge in [0.2, 0.25) is 0 Å². The molecule has 0 bridgehead atoms. The maximum atomic E-state index is 12.5. The Bertz CT molecular complexity index is 618. The number of hydrogen-bond acceptors (Lipinski definition) is 4.